The van der Waals surface area contributed by atoms with Gasteiger partial charge in [-0.3, -0.25) is 14.2 Å². The molecule has 146 valence electrons. The van der Waals surface area contributed by atoms with Crippen molar-refractivity contribution in [2.45, 2.75) is 11.7 Å². The first-order valence-corrected chi connectivity index (χ1v) is 9.64. The molecule has 3 rings (SSSR count). The van der Waals surface area contributed by atoms with Crippen LogP contribution in [-0.4, -0.2) is 42.5 Å². The fourth-order valence-corrected chi connectivity index (χ4v) is 3.36. The van der Waals surface area contributed by atoms with Crippen molar-refractivity contribution >= 4 is 29.3 Å². The number of aryl methyl sites for hydroxylation is 1. The maximum Gasteiger partial charge on any atom is 0.328 e. The zero-order chi connectivity index (χ0) is 20.1. The first-order valence-electron chi connectivity index (χ1n) is 8.28. The highest BCUT2D eigenvalue weighted by Crippen LogP contribution is 2.15. The number of benzene rings is 1. The molecule has 0 unspecified atom stereocenters. The Balaban J connectivity index is 1.69. The first kappa shape index (κ1) is 19.9. The van der Waals surface area contributed by atoms with Crippen LogP contribution in [0.1, 0.15) is 15.9 Å². The molecule has 2 aromatic heterocycles. The lowest BCUT2D eigenvalue weighted by Crippen LogP contribution is -2.41. The SMILES string of the molecule is Cn1cnnc1SCCNC(=O)c1c[nH]c(=O)n(Cc2ccccc2Cl)c1=O. The van der Waals surface area contributed by atoms with Gasteiger partial charge in [-0.05, 0) is 11.6 Å². The van der Waals surface area contributed by atoms with Gasteiger partial charge in [0.2, 0.25) is 0 Å². The summed E-state index contributed by atoms with van der Waals surface area (Å²) in [5.41, 5.74) is -0.828. The minimum atomic E-state index is -0.679. The Morgan fingerprint density at radius 1 is 1.32 bits per heavy atom. The van der Waals surface area contributed by atoms with Crippen LogP contribution in [0.5, 0.6) is 0 Å². The summed E-state index contributed by atoms with van der Waals surface area (Å²) in [5, 5.41) is 11.5. The highest BCUT2D eigenvalue weighted by atomic mass is 35.5. The van der Waals surface area contributed by atoms with Gasteiger partial charge < -0.3 is 14.9 Å². The maximum absolute atomic E-state index is 12.6. The van der Waals surface area contributed by atoms with Gasteiger partial charge in [-0.1, -0.05) is 41.6 Å². The fraction of sp³-hybridized carbons (Fsp3) is 0.235. The number of H-pyrrole nitrogens is 1. The van der Waals surface area contributed by atoms with Gasteiger partial charge in [0, 0.05) is 30.6 Å². The number of nitrogens with one attached hydrogen (secondary N) is 2. The Morgan fingerprint density at radius 2 is 2.11 bits per heavy atom. The standard InChI is InChI=1S/C17H17ClN6O3S/c1-23-10-21-22-17(23)28-7-6-19-14(25)12-8-20-16(27)24(15(12)26)9-11-4-2-3-5-13(11)18/h2-5,8,10H,6-7,9H2,1H3,(H,19,25)(H,20,27). The van der Waals surface area contributed by atoms with Crippen molar-refractivity contribution in [3.05, 3.63) is 73.8 Å². The summed E-state index contributed by atoms with van der Waals surface area (Å²) in [7, 11) is 1.82. The van der Waals surface area contributed by atoms with E-state index in [0.29, 0.717) is 22.9 Å². The Morgan fingerprint density at radius 3 is 2.82 bits per heavy atom. The number of carbonyl (C=O) groups excluding carboxylic acids is 1. The molecule has 0 aliphatic heterocycles. The summed E-state index contributed by atoms with van der Waals surface area (Å²) < 4.78 is 2.71. The molecule has 2 heterocycles. The van der Waals surface area contributed by atoms with Gasteiger partial charge in [-0.25, -0.2) is 4.79 Å². The van der Waals surface area contributed by atoms with E-state index in [9.17, 15) is 14.4 Å². The quantitative estimate of drug-likeness (QED) is 0.433. The van der Waals surface area contributed by atoms with Crippen molar-refractivity contribution < 1.29 is 4.79 Å². The first-order chi connectivity index (χ1) is 13.5. The van der Waals surface area contributed by atoms with Crippen LogP contribution in [0, 0.1) is 0 Å². The van der Waals surface area contributed by atoms with E-state index in [-0.39, 0.29) is 12.1 Å². The molecule has 28 heavy (non-hydrogen) atoms. The molecular weight excluding hydrogens is 404 g/mol. The van der Waals surface area contributed by atoms with Crippen LogP contribution in [0.25, 0.3) is 0 Å². The maximum atomic E-state index is 12.6. The van der Waals surface area contributed by atoms with E-state index in [4.69, 9.17) is 11.6 Å². The van der Waals surface area contributed by atoms with Crippen LogP contribution in [0.2, 0.25) is 5.02 Å². The lowest BCUT2D eigenvalue weighted by Gasteiger charge is -2.09. The zero-order valence-corrected chi connectivity index (χ0v) is 16.5. The minimum absolute atomic E-state index is 0.0308. The van der Waals surface area contributed by atoms with E-state index in [1.54, 1.807) is 35.2 Å². The Labute approximate surface area is 168 Å². The second-order valence-electron chi connectivity index (χ2n) is 5.82. The number of amides is 1. The van der Waals surface area contributed by atoms with E-state index in [1.807, 2.05) is 7.05 Å². The minimum Gasteiger partial charge on any atom is -0.351 e. The summed E-state index contributed by atoms with van der Waals surface area (Å²) in [6.45, 7) is 0.288. The fourth-order valence-electron chi connectivity index (χ4n) is 2.42. The topological polar surface area (TPSA) is 115 Å². The Bertz CT molecular complexity index is 1110. The number of thioether (sulfide) groups is 1. The van der Waals surface area contributed by atoms with Crippen molar-refractivity contribution in [2.24, 2.45) is 7.05 Å². The number of halogens is 1. The highest BCUT2D eigenvalue weighted by Gasteiger charge is 2.15. The number of hydrogen-bond donors (Lipinski definition) is 2. The third-order valence-corrected chi connectivity index (χ3v) is 5.29. The molecule has 1 amide bonds. The molecule has 9 nitrogen and oxygen atoms in total. The number of aromatic amines is 1. The smallest absolute Gasteiger partial charge is 0.328 e. The van der Waals surface area contributed by atoms with Crippen LogP contribution < -0.4 is 16.6 Å². The molecule has 0 bridgehead atoms. The molecule has 3 aromatic rings. The van der Waals surface area contributed by atoms with Gasteiger partial charge in [-0.15, -0.1) is 10.2 Å². The van der Waals surface area contributed by atoms with Crippen molar-refractivity contribution in [1.82, 2.24) is 29.6 Å². The number of nitrogens with zero attached hydrogens (tertiary/aromatic N) is 4. The molecule has 2 N–H and O–H groups in total. The van der Waals surface area contributed by atoms with Crippen molar-refractivity contribution in [3.63, 3.8) is 0 Å². The van der Waals surface area contributed by atoms with Gasteiger partial charge >= 0.3 is 5.69 Å². The van der Waals surface area contributed by atoms with Gasteiger partial charge in [0.25, 0.3) is 11.5 Å². The largest absolute Gasteiger partial charge is 0.351 e. The number of hydrogen-bond acceptors (Lipinski definition) is 6. The predicted molar refractivity (Wildman–Crippen MR) is 106 cm³/mol. The van der Waals surface area contributed by atoms with Gasteiger partial charge in [-0.2, -0.15) is 0 Å². The van der Waals surface area contributed by atoms with E-state index in [2.05, 4.69) is 20.5 Å². The molecule has 0 fully saturated rings. The highest BCUT2D eigenvalue weighted by molar-refractivity contribution is 7.99. The molecule has 0 atom stereocenters. The second-order valence-corrected chi connectivity index (χ2v) is 7.29. The van der Waals surface area contributed by atoms with E-state index >= 15 is 0 Å². The van der Waals surface area contributed by atoms with Crippen molar-refractivity contribution in [1.29, 1.82) is 0 Å². The van der Waals surface area contributed by atoms with Gasteiger partial charge in [0.15, 0.2) is 5.16 Å². The Hall–Kier alpha value is -2.85. The van der Waals surface area contributed by atoms with Crippen LogP contribution >= 0.6 is 23.4 Å². The molecule has 0 saturated heterocycles. The van der Waals surface area contributed by atoms with Gasteiger partial charge in [0.05, 0.1) is 6.54 Å². The molecule has 0 aliphatic carbocycles. The molecule has 11 heteroatoms. The molecule has 0 saturated carbocycles. The summed E-state index contributed by atoms with van der Waals surface area (Å²) >= 11 is 7.52. The van der Waals surface area contributed by atoms with Gasteiger partial charge in [0.1, 0.15) is 11.9 Å². The average molecular weight is 421 g/mol. The van der Waals surface area contributed by atoms with Crippen LogP contribution in [0.15, 0.2) is 51.5 Å². The molecule has 0 spiro atoms. The lowest BCUT2D eigenvalue weighted by atomic mass is 10.2. The third kappa shape index (κ3) is 4.52. The van der Waals surface area contributed by atoms with E-state index in [1.165, 1.54) is 11.8 Å². The van der Waals surface area contributed by atoms with Crippen LogP contribution in [0.4, 0.5) is 0 Å². The average Bonchev–Trinajstić information content (AvgIpc) is 3.08. The lowest BCUT2D eigenvalue weighted by molar-refractivity contribution is 0.0953. The monoisotopic (exact) mass is 420 g/mol. The summed E-state index contributed by atoms with van der Waals surface area (Å²) in [6.07, 6.45) is 2.71. The predicted octanol–water partition coefficient (Wildman–Crippen LogP) is 0.889. The third-order valence-electron chi connectivity index (χ3n) is 3.88. The molecule has 0 radical (unpaired) electrons. The summed E-state index contributed by atoms with van der Waals surface area (Å²) in [5.74, 6) is -0.0113. The van der Waals surface area contributed by atoms with E-state index in [0.717, 1.165) is 15.9 Å². The summed E-state index contributed by atoms with van der Waals surface area (Å²) in [4.78, 5) is 39.5. The second kappa shape index (κ2) is 8.89. The molecular formula is C17H17ClN6O3S. The normalized spacial score (nSPS) is 10.8. The molecule has 0 aliphatic rings. The zero-order valence-electron chi connectivity index (χ0n) is 14.9. The molecule has 1 aromatic carbocycles. The van der Waals surface area contributed by atoms with Crippen molar-refractivity contribution in [3.8, 4) is 0 Å². The number of rotatable bonds is 7. The summed E-state index contributed by atoms with van der Waals surface area (Å²) in [6, 6.07) is 6.89. The number of aromatic nitrogens is 5. The number of carbonyl (C=O) groups is 1. The van der Waals surface area contributed by atoms with E-state index < -0.39 is 17.2 Å². The van der Waals surface area contributed by atoms with Crippen molar-refractivity contribution in [2.75, 3.05) is 12.3 Å². The Kier molecular flexibility index (Phi) is 6.32. The van der Waals surface area contributed by atoms with Crippen LogP contribution in [0.3, 0.4) is 0 Å². The van der Waals surface area contributed by atoms with Crippen LogP contribution in [-0.2, 0) is 13.6 Å².